The van der Waals surface area contributed by atoms with E-state index in [0.29, 0.717) is 12.0 Å². The summed E-state index contributed by atoms with van der Waals surface area (Å²) in [5.41, 5.74) is 3.71. The quantitative estimate of drug-likeness (QED) is 0.779. The van der Waals surface area contributed by atoms with Crippen molar-refractivity contribution in [3.63, 3.8) is 0 Å². The van der Waals surface area contributed by atoms with E-state index in [0.717, 1.165) is 12.2 Å². The Balaban J connectivity index is 1.60. The third-order valence-corrected chi connectivity index (χ3v) is 4.63. The van der Waals surface area contributed by atoms with E-state index in [-0.39, 0.29) is 6.04 Å². The normalized spacial score (nSPS) is 17.2. The van der Waals surface area contributed by atoms with Gasteiger partial charge in [0, 0.05) is 17.8 Å². The zero-order valence-electron chi connectivity index (χ0n) is 14.4. The molecule has 2 atom stereocenters. The van der Waals surface area contributed by atoms with Crippen molar-refractivity contribution < 1.29 is 0 Å². The minimum Gasteiger partial charge on any atom is -0.362 e. The third kappa shape index (κ3) is 3.05. The van der Waals surface area contributed by atoms with Crippen LogP contribution in [-0.2, 0) is 6.42 Å². The predicted octanol–water partition coefficient (Wildman–Crippen LogP) is 4.13. The number of anilines is 3. The zero-order chi connectivity index (χ0) is 17.2. The molecule has 25 heavy (non-hydrogen) atoms. The second-order valence-corrected chi connectivity index (χ2v) is 6.47. The van der Waals surface area contributed by atoms with Gasteiger partial charge in [-0.1, -0.05) is 48.5 Å². The Labute approximate surface area is 147 Å². The van der Waals surface area contributed by atoms with Crippen molar-refractivity contribution in [2.75, 3.05) is 10.2 Å². The molecule has 0 spiro atoms. The molecule has 3 aromatic rings. The molecule has 1 N–H and O–H groups in total. The van der Waals surface area contributed by atoms with Gasteiger partial charge in [-0.15, -0.1) is 5.10 Å². The summed E-state index contributed by atoms with van der Waals surface area (Å²) in [4.78, 5) is 6.88. The molecule has 0 amide bonds. The molecule has 0 aliphatic carbocycles. The second kappa shape index (κ2) is 6.51. The topological polar surface area (TPSA) is 53.9 Å². The lowest BCUT2D eigenvalue weighted by molar-refractivity contribution is 0.728. The highest BCUT2D eigenvalue weighted by atomic mass is 15.4. The van der Waals surface area contributed by atoms with Crippen molar-refractivity contribution in [2.24, 2.45) is 0 Å². The van der Waals surface area contributed by atoms with Gasteiger partial charge in [0.1, 0.15) is 0 Å². The van der Waals surface area contributed by atoms with Gasteiger partial charge in [-0.3, -0.25) is 0 Å². The van der Waals surface area contributed by atoms with E-state index >= 15 is 0 Å². The molecule has 126 valence electrons. The van der Waals surface area contributed by atoms with Gasteiger partial charge in [-0.2, -0.15) is 10.1 Å². The van der Waals surface area contributed by atoms with E-state index in [4.69, 9.17) is 4.98 Å². The number of para-hydroxylation sites is 1. The number of hydrogen-bond donors (Lipinski definition) is 1. The van der Waals surface area contributed by atoms with Gasteiger partial charge in [0.15, 0.2) is 5.82 Å². The van der Waals surface area contributed by atoms with E-state index in [1.165, 1.54) is 16.8 Å². The zero-order valence-corrected chi connectivity index (χ0v) is 14.4. The van der Waals surface area contributed by atoms with E-state index in [9.17, 15) is 0 Å². The lowest BCUT2D eigenvalue weighted by Crippen LogP contribution is -2.26. The lowest BCUT2D eigenvalue weighted by Gasteiger charge is -2.23. The van der Waals surface area contributed by atoms with Crippen molar-refractivity contribution in [3.05, 3.63) is 71.9 Å². The maximum atomic E-state index is 4.71. The molecule has 0 saturated heterocycles. The van der Waals surface area contributed by atoms with Gasteiger partial charge in [-0.25, -0.2) is 0 Å². The maximum absolute atomic E-state index is 4.71. The van der Waals surface area contributed by atoms with Crippen molar-refractivity contribution in [3.8, 4) is 0 Å². The number of nitrogens with zero attached hydrogens (tertiary/aromatic N) is 4. The van der Waals surface area contributed by atoms with Crippen LogP contribution >= 0.6 is 0 Å². The summed E-state index contributed by atoms with van der Waals surface area (Å²) in [5.74, 6) is 1.38. The van der Waals surface area contributed by atoms with Gasteiger partial charge in [0.05, 0.1) is 6.20 Å². The summed E-state index contributed by atoms with van der Waals surface area (Å²) in [7, 11) is 0. The molecule has 4 rings (SSSR count). The number of aromatic nitrogens is 3. The Morgan fingerprint density at radius 3 is 2.68 bits per heavy atom. The SMILES string of the molecule is CC(Nc1cnnc(N2c3ccccc3CC2C)n1)c1ccccc1. The summed E-state index contributed by atoms with van der Waals surface area (Å²) >= 11 is 0. The van der Waals surface area contributed by atoms with E-state index < -0.39 is 0 Å². The van der Waals surface area contributed by atoms with Crippen LogP contribution in [0.5, 0.6) is 0 Å². The number of fused-ring (bicyclic) bond motifs is 1. The lowest BCUT2D eigenvalue weighted by atomic mass is 10.1. The highest BCUT2D eigenvalue weighted by molar-refractivity contribution is 5.67. The van der Waals surface area contributed by atoms with Crippen molar-refractivity contribution in [1.29, 1.82) is 0 Å². The summed E-state index contributed by atoms with van der Waals surface area (Å²) < 4.78 is 0. The first kappa shape index (κ1) is 15.6. The van der Waals surface area contributed by atoms with Crippen molar-refractivity contribution in [1.82, 2.24) is 15.2 Å². The minimum atomic E-state index is 0.147. The largest absolute Gasteiger partial charge is 0.362 e. The molecule has 0 bridgehead atoms. The second-order valence-electron chi connectivity index (χ2n) is 6.47. The van der Waals surface area contributed by atoms with E-state index in [2.05, 4.69) is 70.7 Å². The van der Waals surface area contributed by atoms with Crippen LogP contribution in [0.25, 0.3) is 0 Å². The number of rotatable bonds is 4. The molecule has 0 saturated carbocycles. The van der Waals surface area contributed by atoms with Crippen LogP contribution in [0, 0.1) is 0 Å². The fraction of sp³-hybridized carbons (Fsp3) is 0.250. The molecular formula is C20H21N5. The maximum Gasteiger partial charge on any atom is 0.252 e. The first-order valence-electron chi connectivity index (χ1n) is 8.60. The third-order valence-electron chi connectivity index (χ3n) is 4.63. The summed E-state index contributed by atoms with van der Waals surface area (Å²) in [6.45, 7) is 4.31. The Kier molecular flexibility index (Phi) is 4.06. The number of benzene rings is 2. The molecule has 0 fully saturated rings. The molecule has 1 aliphatic rings. The Morgan fingerprint density at radius 2 is 1.84 bits per heavy atom. The van der Waals surface area contributed by atoms with Crippen LogP contribution in [0.2, 0.25) is 0 Å². The summed E-state index contributed by atoms with van der Waals surface area (Å²) in [6.07, 6.45) is 2.67. The van der Waals surface area contributed by atoms with Crippen molar-refractivity contribution in [2.45, 2.75) is 32.4 Å². The highest BCUT2D eigenvalue weighted by Crippen LogP contribution is 2.36. The fourth-order valence-corrected chi connectivity index (χ4v) is 3.38. The first-order valence-corrected chi connectivity index (χ1v) is 8.60. The average Bonchev–Trinajstić information content (AvgIpc) is 2.98. The molecule has 2 aromatic carbocycles. The van der Waals surface area contributed by atoms with E-state index in [1.807, 2.05) is 18.2 Å². The van der Waals surface area contributed by atoms with Gasteiger partial charge in [-0.05, 0) is 37.5 Å². The number of hydrogen-bond acceptors (Lipinski definition) is 5. The van der Waals surface area contributed by atoms with Crippen LogP contribution in [-0.4, -0.2) is 21.2 Å². The number of nitrogens with one attached hydrogen (secondary N) is 1. The van der Waals surface area contributed by atoms with Crippen LogP contribution in [0.15, 0.2) is 60.8 Å². The van der Waals surface area contributed by atoms with E-state index in [1.54, 1.807) is 6.20 Å². The molecule has 5 heteroatoms. The van der Waals surface area contributed by atoms with Gasteiger partial charge >= 0.3 is 0 Å². The standard InChI is InChI=1S/C20H21N5/c1-14-12-17-10-6-7-11-18(17)25(14)20-23-19(13-21-24-20)22-15(2)16-8-4-3-5-9-16/h3-11,13-15H,12H2,1-2H3,(H,22,23,24). The molecular weight excluding hydrogens is 310 g/mol. The van der Waals surface area contributed by atoms with Crippen molar-refractivity contribution >= 4 is 17.5 Å². The molecule has 2 heterocycles. The monoisotopic (exact) mass is 331 g/mol. The molecule has 1 aromatic heterocycles. The summed E-state index contributed by atoms with van der Waals surface area (Å²) in [6, 6.07) is 19.2. The average molecular weight is 331 g/mol. The van der Waals surface area contributed by atoms with Gasteiger partial charge in [0.2, 0.25) is 0 Å². The highest BCUT2D eigenvalue weighted by Gasteiger charge is 2.29. The Bertz CT molecular complexity index is 865. The fourth-order valence-electron chi connectivity index (χ4n) is 3.38. The molecule has 5 nitrogen and oxygen atoms in total. The van der Waals surface area contributed by atoms with Crippen LogP contribution in [0.4, 0.5) is 17.5 Å². The summed E-state index contributed by atoms with van der Waals surface area (Å²) in [5, 5.41) is 11.9. The smallest absolute Gasteiger partial charge is 0.252 e. The van der Waals surface area contributed by atoms with Crippen LogP contribution in [0.3, 0.4) is 0 Å². The molecule has 1 aliphatic heterocycles. The van der Waals surface area contributed by atoms with Crippen LogP contribution in [0.1, 0.15) is 31.0 Å². The minimum absolute atomic E-state index is 0.147. The predicted molar refractivity (Wildman–Crippen MR) is 100 cm³/mol. The van der Waals surface area contributed by atoms with Gasteiger partial charge < -0.3 is 10.2 Å². The first-order chi connectivity index (χ1) is 12.2. The van der Waals surface area contributed by atoms with Gasteiger partial charge in [0.25, 0.3) is 5.95 Å². The Morgan fingerprint density at radius 1 is 1.08 bits per heavy atom. The Hall–Kier alpha value is -2.95. The van der Waals surface area contributed by atoms with Crippen LogP contribution < -0.4 is 10.2 Å². The molecule has 2 unspecified atom stereocenters. The molecule has 0 radical (unpaired) electrons.